The number of halogens is 1. The highest BCUT2D eigenvalue weighted by Crippen LogP contribution is 2.50. The van der Waals surface area contributed by atoms with Crippen molar-refractivity contribution in [3.63, 3.8) is 0 Å². The number of imide groups is 2. The lowest BCUT2D eigenvalue weighted by molar-refractivity contribution is -0.122. The van der Waals surface area contributed by atoms with E-state index in [9.17, 15) is 14.4 Å². The predicted molar refractivity (Wildman–Crippen MR) is 203 cm³/mol. The first-order valence-corrected chi connectivity index (χ1v) is 18.1. The summed E-state index contributed by atoms with van der Waals surface area (Å²) in [7, 11) is 0. The van der Waals surface area contributed by atoms with Crippen molar-refractivity contribution in [1.29, 1.82) is 0 Å². The van der Waals surface area contributed by atoms with Gasteiger partial charge in [-0.3, -0.25) is 14.9 Å². The van der Waals surface area contributed by atoms with Crippen LogP contribution in [0.4, 0.5) is 16.2 Å². The van der Waals surface area contributed by atoms with Crippen molar-refractivity contribution in [2.24, 2.45) is 0 Å². The molecule has 3 aliphatic rings. The van der Waals surface area contributed by atoms with Gasteiger partial charge in [-0.1, -0.05) is 96.6 Å². The second-order valence-corrected chi connectivity index (χ2v) is 14.2. The van der Waals surface area contributed by atoms with Gasteiger partial charge in [-0.05, 0) is 99.4 Å². The average Bonchev–Trinajstić information content (AvgIpc) is 3.14. The van der Waals surface area contributed by atoms with Crippen LogP contribution in [0.15, 0.2) is 125 Å². The number of hydrogen-bond acceptors (Lipinski definition) is 5. The molecule has 0 aromatic heterocycles. The number of nitrogens with one attached hydrogen (secondary N) is 1. The molecule has 0 spiro atoms. The summed E-state index contributed by atoms with van der Waals surface area (Å²) in [5.41, 5.74) is 8.93. The van der Waals surface area contributed by atoms with Gasteiger partial charge in [0.25, 0.3) is 11.8 Å². The normalized spacial score (nSPS) is 19.2. The van der Waals surface area contributed by atoms with Gasteiger partial charge in [-0.2, -0.15) is 0 Å². The molecule has 3 heterocycles. The fourth-order valence-electron chi connectivity index (χ4n) is 7.60. The van der Waals surface area contributed by atoms with Gasteiger partial charge in [0.05, 0.1) is 10.2 Å². The molecule has 5 aromatic carbocycles. The second kappa shape index (κ2) is 13.7. The molecule has 0 bridgehead atoms. The first-order valence-electron chi connectivity index (χ1n) is 17.3. The quantitative estimate of drug-likeness (QED) is 0.133. The number of benzene rings is 5. The van der Waals surface area contributed by atoms with E-state index < -0.39 is 17.8 Å². The smallest absolute Gasteiger partial charge is 0.335 e. The van der Waals surface area contributed by atoms with Crippen molar-refractivity contribution in [3.05, 3.63) is 164 Å². The first-order chi connectivity index (χ1) is 24.8. The van der Waals surface area contributed by atoms with E-state index in [0.717, 1.165) is 47.5 Å². The Kier molecular flexibility index (Phi) is 8.78. The van der Waals surface area contributed by atoms with E-state index in [2.05, 4.69) is 74.7 Å². The van der Waals surface area contributed by atoms with Crippen molar-refractivity contribution in [3.8, 4) is 5.75 Å². The summed E-state index contributed by atoms with van der Waals surface area (Å²) in [5, 5.41) is 2.44. The van der Waals surface area contributed by atoms with Crippen LogP contribution >= 0.6 is 15.9 Å². The summed E-state index contributed by atoms with van der Waals surface area (Å²) >= 11 is 3.59. The van der Waals surface area contributed by atoms with Crippen molar-refractivity contribution in [2.45, 2.75) is 38.2 Å². The Balaban J connectivity index is 1.16. The Bertz CT molecular complexity index is 2110. The van der Waals surface area contributed by atoms with Gasteiger partial charge >= 0.3 is 6.03 Å². The van der Waals surface area contributed by atoms with Gasteiger partial charge in [0.15, 0.2) is 0 Å². The molecule has 5 aromatic rings. The highest BCUT2D eigenvalue weighted by atomic mass is 79.9. The molecule has 0 saturated carbocycles. The predicted octanol–water partition coefficient (Wildman–Crippen LogP) is 8.88. The summed E-state index contributed by atoms with van der Waals surface area (Å²) in [5.74, 6) is -0.578. The summed E-state index contributed by atoms with van der Waals surface area (Å²) in [6.45, 7) is 4.29. The van der Waals surface area contributed by atoms with Crippen LogP contribution in [-0.2, 0) is 16.2 Å². The van der Waals surface area contributed by atoms with E-state index in [0.29, 0.717) is 28.1 Å². The first kappa shape index (κ1) is 32.7. The third-order valence-corrected chi connectivity index (χ3v) is 10.8. The van der Waals surface area contributed by atoms with Gasteiger partial charge in [-0.15, -0.1) is 0 Å². The largest absolute Gasteiger partial charge is 0.488 e. The van der Waals surface area contributed by atoms with E-state index in [1.807, 2.05) is 55.5 Å². The molecule has 1 fully saturated rings. The van der Waals surface area contributed by atoms with Gasteiger partial charge in [0.1, 0.15) is 17.9 Å². The number of rotatable bonds is 7. The Morgan fingerprint density at radius 3 is 1.98 bits per heavy atom. The molecule has 8 rings (SSSR count). The summed E-state index contributed by atoms with van der Waals surface area (Å²) < 4.78 is 6.71. The van der Waals surface area contributed by atoms with Crippen LogP contribution in [0.2, 0.25) is 0 Å². The van der Waals surface area contributed by atoms with Gasteiger partial charge < -0.3 is 9.64 Å². The van der Waals surface area contributed by atoms with Crippen LogP contribution in [0.3, 0.4) is 0 Å². The van der Waals surface area contributed by atoms with Crippen LogP contribution in [0.1, 0.15) is 63.6 Å². The Hall–Kier alpha value is -5.47. The van der Waals surface area contributed by atoms with Crippen LogP contribution in [-0.4, -0.2) is 30.9 Å². The van der Waals surface area contributed by atoms with Crippen molar-refractivity contribution in [2.75, 3.05) is 22.9 Å². The maximum atomic E-state index is 14.3. The molecule has 0 unspecified atom stereocenters. The van der Waals surface area contributed by atoms with Gasteiger partial charge in [0, 0.05) is 30.6 Å². The lowest BCUT2D eigenvalue weighted by Crippen LogP contribution is -2.54. The van der Waals surface area contributed by atoms with E-state index >= 15 is 0 Å². The van der Waals surface area contributed by atoms with Crippen molar-refractivity contribution < 1.29 is 19.1 Å². The number of hydrogen-bond donors (Lipinski definition) is 1. The molecule has 1 N–H and O–H groups in total. The number of urea groups is 1. The minimum absolute atomic E-state index is 0.0920. The maximum absolute atomic E-state index is 14.3. The number of carbonyl (C=O) groups is 3. The number of barbiturate groups is 1. The number of amides is 4. The summed E-state index contributed by atoms with van der Waals surface area (Å²) in [4.78, 5) is 44.6. The monoisotopic (exact) mass is 737 g/mol. The minimum Gasteiger partial charge on any atom is -0.488 e. The third-order valence-electron chi connectivity index (χ3n) is 10.1. The number of nitrogens with zero attached hydrogens (tertiary/aromatic N) is 2. The summed E-state index contributed by atoms with van der Waals surface area (Å²) in [6, 6.07) is 37.6. The van der Waals surface area contributed by atoms with E-state index in [4.69, 9.17) is 4.74 Å². The van der Waals surface area contributed by atoms with Gasteiger partial charge in [-0.25, -0.2) is 9.69 Å². The second-order valence-electron chi connectivity index (χ2n) is 13.4. The zero-order valence-electron chi connectivity index (χ0n) is 28.1. The third kappa shape index (κ3) is 6.36. The maximum Gasteiger partial charge on any atom is 0.335 e. The van der Waals surface area contributed by atoms with Gasteiger partial charge in [0.2, 0.25) is 0 Å². The molecule has 51 heavy (non-hydrogen) atoms. The zero-order valence-corrected chi connectivity index (χ0v) is 29.7. The number of carbonyl (C=O) groups excluding carboxylic acids is 3. The van der Waals surface area contributed by atoms with Crippen LogP contribution in [0.5, 0.6) is 5.75 Å². The molecule has 2 atom stereocenters. The molecule has 0 radical (unpaired) electrons. The van der Waals surface area contributed by atoms with Crippen LogP contribution < -0.4 is 19.9 Å². The molecule has 4 amide bonds. The molecular weight excluding hydrogens is 702 g/mol. The topological polar surface area (TPSA) is 79.0 Å². The Morgan fingerprint density at radius 1 is 0.784 bits per heavy atom. The zero-order chi connectivity index (χ0) is 35.1. The fraction of sp³-hybridized carbons (Fsp3) is 0.186. The lowest BCUT2D eigenvalue weighted by Gasteiger charge is -2.44. The standard InChI is InChI=1S/C43H36BrN3O4/c1-27-12-14-28(15-13-27)26-51-39-17-16-29(23-38(39)44)22-37-41(48)45-43(50)47(42(37)49)32-24-35-33(30-8-4-2-5-9-30)18-20-46-21-19-34(36(25-32)40(35)46)31-10-6-3-7-11-31/h2-17,22-25,33-34H,18-21,26H2,1H3,(H,45,48,50)/b37-22+/t33-,34-/m1/s1. The molecule has 3 aliphatic heterocycles. The highest BCUT2D eigenvalue weighted by Gasteiger charge is 2.40. The molecule has 7 nitrogen and oxygen atoms in total. The molecule has 0 aliphatic carbocycles. The fourth-order valence-corrected chi connectivity index (χ4v) is 8.11. The van der Waals surface area contributed by atoms with E-state index in [-0.39, 0.29) is 17.4 Å². The van der Waals surface area contributed by atoms with E-state index in [1.54, 1.807) is 18.2 Å². The van der Waals surface area contributed by atoms with Crippen molar-refractivity contribution >= 4 is 51.2 Å². The highest BCUT2D eigenvalue weighted by molar-refractivity contribution is 9.10. The molecular formula is C43H36BrN3O4. The molecule has 8 heteroatoms. The summed E-state index contributed by atoms with van der Waals surface area (Å²) in [6.07, 6.45) is 3.36. The lowest BCUT2D eigenvalue weighted by atomic mass is 9.76. The Morgan fingerprint density at radius 2 is 1.39 bits per heavy atom. The average molecular weight is 739 g/mol. The van der Waals surface area contributed by atoms with E-state index in [1.165, 1.54) is 28.5 Å². The number of aryl methyl sites for hydroxylation is 1. The Labute approximate surface area is 305 Å². The molecule has 254 valence electrons. The SMILES string of the molecule is Cc1ccc(COc2ccc(/C=C3\C(=O)NC(=O)N(c4cc5c6c(c4)[C@@H](c4ccccc4)CCN6CC[C@@H]5c4ccccc4)C3=O)cc2Br)cc1. The number of anilines is 2. The molecule has 1 saturated heterocycles. The minimum atomic E-state index is -0.758. The van der Waals surface area contributed by atoms with Crippen LogP contribution in [0.25, 0.3) is 6.08 Å². The number of ether oxygens (including phenoxy) is 1. The van der Waals surface area contributed by atoms with Crippen LogP contribution in [0, 0.1) is 6.92 Å². The van der Waals surface area contributed by atoms with Crippen molar-refractivity contribution in [1.82, 2.24) is 5.32 Å².